The van der Waals surface area contributed by atoms with Crippen molar-refractivity contribution in [2.24, 2.45) is 5.41 Å². The Labute approximate surface area is 124 Å². The highest BCUT2D eigenvalue weighted by atomic mass is 28.4. The summed E-state index contributed by atoms with van der Waals surface area (Å²) in [4.78, 5) is 12.0. The molecule has 1 aliphatic heterocycles. The molecular formula is C16H30O3Si. The van der Waals surface area contributed by atoms with Crippen molar-refractivity contribution >= 4 is 14.1 Å². The molecule has 0 aromatic rings. The first kappa shape index (κ1) is 16.2. The maximum Gasteiger partial charge on any atom is 0.192 e. The summed E-state index contributed by atoms with van der Waals surface area (Å²) in [5, 5.41) is 0.236. The summed E-state index contributed by atoms with van der Waals surface area (Å²) in [6.45, 7) is 14.1. The van der Waals surface area contributed by atoms with Gasteiger partial charge in [-0.1, -0.05) is 27.7 Å². The van der Waals surface area contributed by atoms with Crippen LogP contribution in [0.3, 0.4) is 0 Å². The monoisotopic (exact) mass is 298 g/mol. The average molecular weight is 298 g/mol. The van der Waals surface area contributed by atoms with Crippen molar-refractivity contribution in [2.45, 2.75) is 83.7 Å². The van der Waals surface area contributed by atoms with Gasteiger partial charge in [0.1, 0.15) is 5.78 Å². The molecule has 0 N–H and O–H groups in total. The first-order valence-electron chi connectivity index (χ1n) is 7.89. The molecule has 1 aliphatic carbocycles. The molecule has 0 aromatic carbocycles. The zero-order chi connectivity index (χ0) is 15.2. The van der Waals surface area contributed by atoms with E-state index < -0.39 is 8.32 Å². The van der Waals surface area contributed by atoms with Gasteiger partial charge in [0.05, 0.1) is 24.2 Å². The molecule has 3 atom stereocenters. The third kappa shape index (κ3) is 2.88. The molecule has 1 saturated heterocycles. The van der Waals surface area contributed by atoms with Crippen LogP contribution in [0.25, 0.3) is 0 Å². The number of carbonyl (C=O) groups excluding carboxylic acids is 1. The number of ether oxygens (including phenoxy) is 1. The van der Waals surface area contributed by atoms with Crippen molar-refractivity contribution in [2.75, 3.05) is 6.61 Å². The van der Waals surface area contributed by atoms with E-state index in [4.69, 9.17) is 9.16 Å². The highest BCUT2D eigenvalue weighted by Crippen LogP contribution is 2.45. The average Bonchev–Trinajstić information content (AvgIpc) is 2.62. The van der Waals surface area contributed by atoms with Crippen LogP contribution in [0.5, 0.6) is 0 Å². The van der Waals surface area contributed by atoms with Gasteiger partial charge in [0.15, 0.2) is 8.32 Å². The normalized spacial score (nSPS) is 35.2. The van der Waals surface area contributed by atoms with Gasteiger partial charge >= 0.3 is 0 Å². The van der Waals surface area contributed by atoms with Gasteiger partial charge in [0.25, 0.3) is 0 Å². The van der Waals surface area contributed by atoms with Gasteiger partial charge in [-0.25, -0.2) is 0 Å². The Hall–Kier alpha value is -0.193. The zero-order valence-corrected chi connectivity index (χ0v) is 14.9. The summed E-state index contributed by atoms with van der Waals surface area (Å²) < 4.78 is 12.4. The Balaban J connectivity index is 1.90. The SMILES string of the molecule is CC(C)(C)[Si](C)(C)OC[C@@H]1CC[C@]2(C)C(=O)CC[C@@H]2O1. The minimum Gasteiger partial charge on any atom is -0.414 e. The quantitative estimate of drug-likeness (QED) is 0.741. The zero-order valence-electron chi connectivity index (χ0n) is 13.9. The number of hydrogen-bond donors (Lipinski definition) is 0. The predicted molar refractivity (Wildman–Crippen MR) is 83.4 cm³/mol. The van der Waals surface area contributed by atoms with Gasteiger partial charge < -0.3 is 9.16 Å². The first-order valence-corrected chi connectivity index (χ1v) is 10.8. The minimum atomic E-state index is -1.70. The maximum absolute atomic E-state index is 12.0. The molecule has 4 heteroatoms. The van der Waals surface area contributed by atoms with E-state index >= 15 is 0 Å². The van der Waals surface area contributed by atoms with Gasteiger partial charge in [-0.05, 0) is 37.4 Å². The van der Waals surface area contributed by atoms with E-state index in [0.717, 1.165) is 19.3 Å². The Morgan fingerprint density at radius 1 is 1.35 bits per heavy atom. The molecular weight excluding hydrogens is 268 g/mol. The molecule has 3 nitrogen and oxygen atoms in total. The molecule has 1 saturated carbocycles. The molecule has 1 heterocycles. The third-order valence-electron chi connectivity index (χ3n) is 5.76. The summed E-state index contributed by atoms with van der Waals surface area (Å²) in [7, 11) is -1.70. The lowest BCUT2D eigenvalue weighted by Crippen LogP contribution is -2.47. The Kier molecular flexibility index (Phi) is 4.22. The molecule has 20 heavy (non-hydrogen) atoms. The molecule has 0 unspecified atom stereocenters. The minimum absolute atomic E-state index is 0.122. The lowest BCUT2D eigenvalue weighted by molar-refractivity contribution is -0.147. The van der Waals surface area contributed by atoms with Crippen molar-refractivity contribution < 1.29 is 14.0 Å². The standard InChI is InChI=1S/C16H30O3Si/c1-15(2,3)20(5,6)18-11-12-9-10-16(4)13(17)7-8-14(16)19-12/h12,14H,7-11H2,1-6H3/t12-,14-,16+/m0/s1. The number of fused-ring (bicyclic) bond motifs is 1. The second-order valence-corrected chi connectivity index (χ2v) is 13.0. The van der Waals surface area contributed by atoms with E-state index in [2.05, 4.69) is 40.8 Å². The second-order valence-electron chi connectivity index (χ2n) is 8.24. The second kappa shape index (κ2) is 5.22. The molecule has 0 bridgehead atoms. The topological polar surface area (TPSA) is 35.5 Å². The van der Waals surface area contributed by atoms with Crippen molar-refractivity contribution in [3.8, 4) is 0 Å². The lowest BCUT2D eigenvalue weighted by Gasteiger charge is -2.41. The smallest absolute Gasteiger partial charge is 0.192 e. The molecule has 2 fully saturated rings. The lowest BCUT2D eigenvalue weighted by atomic mass is 9.78. The summed E-state index contributed by atoms with van der Waals surface area (Å²) in [6, 6.07) is 0. The van der Waals surface area contributed by atoms with Crippen LogP contribution in [-0.2, 0) is 14.0 Å². The largest absolute Gasteiger partial charge is 0.414 e. The number of hydrogen-bond acceptors (Lipinski definition) is 3. The van der Waals surface area contributed by atoms with Crippen LogP contribution in [0.2, 0.25) is 18.1 Å². The molecule has 2 rings (SSSR count). The van der Waals surface area contributed by atoms with Crippen LogP contribution < -0.4 is 0 Å². The van der Waals surface area contributed by atoms with Gasteiger partial charge in [0.2, 0.25) is 0 Å². The number of rotatable bonds is 3. The molecule has 116 valence electrons. The fourth-order valence-corrected chi connectivity index (χ4v) is 4.00. The van der Waals surface area contributed by atoms with E-state index in [0.29, 0.717) is 18.8 Å². The van der Waals surface area contributed by atoms with Crippen LogP contribution in [0.15, 0.2) is 0 Å². The Morgan fingerprint density at radius 3 is 2.60 bits per heavy atom. The van der Waals surface area contributed by atoms with Gasteiger partial charge in [0, 0.05) is 6.42 Å². The highest BCUT2D eigenvalue weighted by Gasteiger charge is 2.50. The summed E-state index contributed by atoms with van der Waals surface area (Å²) in [5.74, 6) is 0.395. The maximum atomic E-state index is 12.0. The van der Waals surface area contributed by atoms with Gasteiger partial charge in [-0.15, -0.1) is 0 Å². The Bertz CT molecular complexity index is 386. The van der Waals surface area contributed by atoms with Crippen LogP contribution in [0, 0.1) is 5.41 Å². The molecule has 0 amide bonds. The third-order valence-corrected chi connectivity index (χ3v) is 10.3. The summed E-state index contributed by atoms with van der Waals surface area (Å²) in [6.07, 6.45) is 3.79. The fraction of sp³-hybridized carbons (Fsp3) is 0.938. The summed E-state index contributed by atoms with van der Waals surface area (Å²) >= 11 is 0. The van der Waals surface area contributed by atoms with E-state index in [1.165, 1.54) is 0 Å². The molecule has 0 aromatic heterocycles. The van der Waals surface area contributed by atoms with E-state index in [-0.39, 0.29) is 22.7 Å². The molecule has 2 aliphatic rings. The van der Waals surface area contributed by atoms with Crippen molar-refractivity contribution in [1.29, 1.82) is 0 Å². The van der Waals surface area contributed by atoms with Crippen molar-refractivity contribution in [3.63, 3.8) is 0 Å². The summed E-state index contributed by atoms with van der Waals surface area (Å²) in [5.41, 5.74) is -0.215. The Morgan fingerprint density at radius 2 is 2.00 bits per heavy atom. The van der Waals surface area contributed by atoms with E-state index in [1.807, 2.05) is 0 Å². The molecule has 0 radical (unpaired) electrons. The number of ketones is 1. The highest BCUT2D eigenvalue weighted by molar-refractivity contribution is 6.74. The number of carbonyl (C=O) groups is 1. The van der Waals surface area contributed by atoms with E-state index in [1.54, 1.807) is 0 Å². The van der Waals surface area contributed by atoms with Crippen molar-refractivity contribution in [1.82, 2.24) is 0 Å². The molecule has 0 spiro atoms. The van der Waals surface area contributed by atoms with Crippen LogP contribution >= 0.6 is 0 Å². The number of Topliss-reactive ketones (excluding diaryl/α,β-unsaturated/α-hetero) is 1. The van der Waals surface area contributed by atoms with Gasteiger partial charge in [-0.2, -0.15) is 0 Å². The fourth-order valence-electron chi connectivity index (χ4n) is 2.97. The van der Waals surface area contributed by atoms with Crippen molar-refractivity contribution in [3.05, 3.63) is 0 Å². The van der Waals surface area contributed by atoms with Crippen LogP contribution in [0.4, 0.5) is 0 Å². The van der Waals surface area contributed by atoms with Crippen LogP contribution in [-0.4, -0.2) is 32.9 Å². The van der Waals surface area contributed by atoms with E-state index in [9.17, 15) is 4.79 Å². The predicted octanol–water partition coefficient (Wildman–Crippen LogP) is 3.93. The van der Waals surface area contributed by atoms with Crippen LogP contribution in [0.1, 0.15) is 53.4 Å². The van der Waals surface area contributed by atoms with Gasteiger partial charge in [-0.3, -0.25) is 4.79 Å². The first-order chi connectivity index (χ1) is 9.06.